The molecule has 1 spiro atoms. The number of benzene rings is 1. The van der Waals surface area contributed by atoms with Crippen molar-refractivity contribution in [3.05, 3.63) is 46.5 Å². The molecule has 2 aliphatic rings. The molecule has 6 heteroatoms. The van der Waals surface area contributed by atoms with Crippen LogP contribution in [0.25, 0.3) is 0 Å². The number of nitrogens with one attached hydrogen (secondary N) is 1. The molecular formula is C22H27N3O2S. The minimum absolute atomic E-state index is 0.0514. The summed E-state index contributed by atoms with van der Waals surface area (Å²) in [6.07, 6.45) is 4.69. The molecule has 1 aromatic carbocycles. The SMILES string of the molecule is CC[C@H](C)N1C(=O)c2ccccc2[C@@H](C(=O)Nc2nc(C)cs2)C12CCCC2. The fraction of sp³-hybridized carbons (Fsp3) is 0.500. The van der Waals surface area contributed by atoms with Crippen molar-refractivity contribution in [1.29, 1.82) is 0 Å². The van der Waals surface area contributed by atoms with Crippen LogP contribution in [0.3, 0.4) is 0 Å². The molecule has 0 saturated heterocycles. The van der Waals surface area contributed by atoms with Gasteiger partial charge < -0.3 is 10.2 Å². The molecule has 1 N–H and O–H groups in total. The Balaban J connectivity index is 1.83. The Kier molecular flexibility index (Phi) is 5.00. The summed E-state index contributed by atoms with van der Waals surface area (Å²) in [5, 5.41) is 5.61. The van der Waals surface area contributed by atoms with E-state index in [4.69, 9.17) is 0 Å². The average molecular weight is 398 g/mol. The number of carbonyl (C=O) groups is 2. The van der Waals surface area contributed by atoms with Gasteiger partial charge in [0.25, 0.3) is 5.91 Å². The molecule has 2 amide bonds. The fourth-order valence-electron chi connectivity index (χ4n) is 5.02. The normalized spacial score (nSPS) is 21.6. The van der Waals surface area contributed by atoms with Crippen molar-refractivity contribution < 1.29 is 9.59 Å². The number of nitrogens with zero attached hydrogens (tertiary/aromatic N) is 2. The van der Waals surface area contributed by atoms with E-state index < -0.39 is 5.54 Å². The van der Waals surface area contributed by atoms with E-state index in [9.17, 15) is 9.59 Å². The fourth-order valence-corrected chi connectivity index (χ4v) is 5.71. The van der Waals surface area contributed by atoms with E-state index in [-0.39, 0.29) is 23.8 Å². The highest BCUT2D eigenvalue weighted by atomic mass is 32.1. The molecule has 28 heavy (non-hydrogen) atoms. The van der Waals surface area contributed by atoms with Gasteiger partial charge in [-0.25, -0.2) is 4.98 Å². The zero-order valence-electron chi connectivity index (χ0n) is 16.7. The number of anilines is 1. The van der Waals surface area contributed by atoms with Gasteiger partial charge in [-0.2, -0.15) is 0 Å². The molecule has 0 bridgehead atoms. The first kappa shape index (κ1) is 19.1. The second kappa shape index (κ2) is 7.32. The van der Waals surface area contributed by atoms with Crippen LogP contribution in [-0.2, 0) is 4.79 Å². The van der Waals surface area contributed by atoms with Crippen LogP contribution in [0, 0.1) is 6.92 Å². The molecule has 5 nitrogen and oxygen atoms in total. The topological polar surface area (TPSA) is 62.3 Å². The number of thiazole rings is 1. The lowest BCUT2D eigenvalue weighted by molar-refractivity contribution is -0.121. The van der Waals surface area contributed by atoms with Gasteiger partial charge in [0.1, 0.15) is 0 Å². The zero-order chi connectivity index (χ0) is 19.9. The Bertz CT molecular complexity index is 901. The first-order valence-corrected chi connectivity index (χ1v) is 11.0. The third-order valence-corrected chi connectivity index (χ3v) is 7.23. The van der Waals surface area contributed by atoms with Crippen LogP contribution in [0.2, 0.25) is 0 Å². The number of aromatic nitrogens is 1. The van der Waals surface area contributed by atoms with Gasteiger partial charge in [-0.1, -0.05) is 38.0 Å². The first-order chi connectivity index (χ1) is 13.5. The smallest absolute Gasteiger partial charge is 0.254 e. The van der Waals surface area contributed by atoms with Crippen molar-refractivity contribution in [3.8, 4) is 0 Å². The van der Waals surface area contributed by atoms with Gasteiger partial charge in [-0.3, -0.25) is 9.59 Å². The van der Waals surface area contributed by atoms with Crippen molar-refractivity contribution in [1.82, 2.24) is 9.88 Å². The van der Waals surface area contributed by atoms with E-state index in [2.05, 4.69) is 24.1 Å². The average Bonchev–Trinajstić information content (AvgIpc) is 3.31. The van der Waals surface area contributed by atoms with Crippen LogP contribution in [0.5, 0.6) is 0 Å². The summed E-state index contributed by atoms with van der Waals surface area (Å²) in [6, 6.07) is 7.73. The quantitative estimate of drug-likeness (QED) is 0.810. The standard InChI is InChI=1S/C22H27N3O2S/c1-4-15(3)25-20(27)17-10-6-5-9-16(17)18(22(25)11-7-8-12-22)19(26)24-21-23-14(2)13-28-21/h5-6,9-10,13,15,18H,4,7-8,11-12H2,1-3H3,(H,23,24,26)/t15-,18-/m0/s1. The van der Waals surface area contributed by atoms with Crippen LogP contribution >= 0.6 is 11.3 Å². The van der Waals surface area contributed by atoms with Gasteiger partial charge in [0.2, 0.25) is 5.91 Å². The lowest BCUT2D eigenvalue weighted by Crippen LogP contribution is -2.62. The monoisotopic (exact) mass is 397 g/mol. The highest BCUT2D eigenvalue weighted by Crippen LogP contribution is 2.51. The molecular weight excluding hydrogens is 370 g/mol. The predicted octanol–water partition coefficient (Wildman–Crippen LogP) is 4.74. The summed E-state index contributed by atoms with van der Waals surface area (Å²) >= 11 is 1.44. The lowest BCUT2D eigenvalue weighted by atomic mass is 9.70. The third kappa shape index (κ3) is 2.94. The van der Waals surface area contributed by atoms with E-state index in [1.54, 1.807) is 0 Å². The summed E-state index contributed by atoms with van der Waals surface area (Å²) in [4.78, 5) is 33.5. The molecule has 0 unspecified atom stereocenters. The Morgan fingerprint density at radius 2 is 2.07 bits per heavy atom. The van der Waals surface area contributed by atoms with Gasteiger partial charge in [0, 0.05) is 17.0 Å². The van der Waals surface area contributed by atoms with Crippen molar-refractivity contribution >= 4 is 28.3 Å². The molecule has 1 aliphatic heterocycles. The van der Waals surface area contributed by atoms with Crippen molar-refractivity contribution in [3.63, 3.8) is 0 Å². The Morgan fingerprint density at radius 3 is 2.71 bits per heavy atom. The summed E-state index contributed by atoms with van der Waals surface area (Å²) in [7, 11) is 0. The maximum absolute atomic E-state index is 13.6. The van der Waals surface area contributed by atoms with Crippen LogP contribution < -0.4 is 5.32 Å². The Morgan fingerprint density at radius 1 is 1.36 bits per heavy atom. The van der Waals surface area contributed by atoms with E-state index in [0.29, 0.717) is 10.7 Å². The summed E-state index contributed by atoms with van der Waals surface area (Å²) in [6.45, 7) is 6.13. The molecule has 2 atom stereocenters. The van der Waals surface area contributed by atoms with Gasteiger partial charge in [0.05, 0.1) is 17.2 Å². The molecule has 2 aromatic rings. The Hall–Kier alpha value is -2.21. The number of aryl methyl sites for hydroxylation is 1. The van der Waals surface area contributed by atoms with Crippen molar-refractivity contribution in [2.24, 2.45) is 0 Å². The van der Waals surface area contributed by atoms with E-state index in [1.165, 1.54) is 11.3 Å². The molecule has 1 aliphatic carbocycles. The van der Waals surface area contributed by atoms with Crippen LogP contribution in [-0.4, -0.2) is 33.3 Å². The summed E-state index contributed by atoms with van der Waals surface area (Å²) in [5.41, 5.74) is 1.98. The Labute approximate surface area is 170 Å². The molecule has 1 saturated carbocycles. The maximum atomic E-state index is 13.6. The molecule has 2 heterocycles. The molecule has 4 rings (SSSR count). The van der Waals surface area contributed by atoms with Gasteiger partial charge >= 0.3 is 0 Å². The lowest BCUT2D eigenvalue weighted by Gasteiger charge is -2.52. The highest BCUT2D eigenvalue weighted by molar-refractivity contribution is 7.13. The van der Waals surface area contributed by atoms with Crippen molar-refractivity contribution in [2.45, 2.75) is 70.4 Å². The maximum Gasteiger partial charge on any atom is 0.254 e. The number of fused-ring (bicyclic) bond motifs is 1. The van der Waals surface area contributed by atoms with Crippen LogP contribution in [0.4, 0.5) is 5.13 Å². The molecule has 148 valence electrons. The number of hydrogen-bond donors (Lipinski definition) is 1. The van der Waals surface area contributed by atoms with E-state index >= 15 is 0 Å². The van der Waals surface area contributed by atoms with Gasteiger partial charge in [-0.05, 0) is 44.7 Å². The second-order valence-corrected chi connectivity index (χ2v) is 8.90. The third-order valence-electron chi connectivity index (χ3n) is 6.35. The molecule has 0 radical (unpaired) electrons. The molecule has 1 fully saturated rings. The van der Waals surface area contributed by atoms with E-state index in [1.807, 2.05) is 41.5 Å². The van der Waals surface area contributed by atoms with Gasteiger partial charge in [-0.15, -0.1) is 11.3 Å². The number of amides is 2. The van der Waals surface area contributed by atoms with Gasteiger partial charge in [0.15, 0.2) is 5.13 Å². The second-order valence-electron chi connectivity index (χ2n) is 8.05. The van der Waals surface area contributed by atoms with E-state index in [0.717, 1.165) is 43.4 Å². The highest BCUT2D eigenvalue weighted by Gasteiger charge is 2.56. The number of rotatable bonds is 4. The molecule has 1 aromatic heterocycles. The minimum Gasteiger partial charge on any atom is -0.329 e. The van der Waals surface area contributed by atoms with Crippen molar-refractivity contribution in [2.75, 3.05) is 5.32 Å². The van der Waals surface area contributed by atoms with Crippen LogP contribution in [0.15, 0.2) is 29.6 Å². The van der Waals surface area contributed by atoms with Crippen LogP contribution in [0.1, 0.15) is 73.5 Å². The summed E-state index contributed by atoms with van der Waals surface area (Å²) in [5.74, 6) is -0.354. The summed E-state index contributed by atoms with van der Waals surface area (Å²) < 4.78 is 0. The minimum atomic E-state index is -0.447. The zero-order valence-corrected chi connectivity index (χ0v) is 17.5. The first-order valence-electron chi connectivity index (χ1n) is 10.1. The number of hydrogen-bond acceptors (Lipinski definition) is 4. The largest absolute Gasteiger partial charge is 0.329 e. The number of carbonyl (C=O) groups excluding carboxylic acids is 2. The predicted molar refractivity (Wildman–Crippen MR) is 112 cm³/mol.